The van der Waals surface area contributed by atoms with Gasteiger partial charge in [0.2, 0.25) is 0 Å². The third-order valence-electron chi connectivity index (χ3n) is 2.75. The number of rotatable bonds is 4. The molecule has 2 N–H and O–H groups in total. The molecule has 0 saturated heterocycles. The summed E-state index contributed by atoms with van der Waals surface area (Å²) in [6, 6.07) is 3.73. The predicted molar refractivity (Wildman–Crippen MR) is 68.6 cm³/mol. The molecule has 0 fully saturated rings. The lowest BCUT2D eigenvalue weighted by Crippen LogP contribution is -2.32. The Balaban J connectivity index is 3.11. The molecule has 102 valence electrons. The predicted octanol–water partition coefficient (Wildman–Crippen LogP) is 3.91. The number of nitrogens with two attached hydrogens (primary N) is 1. The molecule has 0 heterocycles. The number of nitrogens with zero attached hydrogens (tertiary/aromatic N) is 1. The van der Waals surface area contributed by atoms with E-state index >= 15 is 0 Å². The van der Waals surface area contributed by atoms with Crippen LogP contribution in [0, 0.1) is 0 Å². The van der Waals surface area contributed by atoms with Crippen molar-refractivity contribution in [2.45, 2.75) is 39.4 Å². The van der Waals surface area contributed by atoms with Crippen LogP contribution in [0.15, 0.2) is 18.2 Å². The van der Waals surface area contributed by atoms with Gasteiger partial charge in [-0.3, -0.25) is 0 Å². The summed E-state index contributed by atoms with van der Waals surface area (Å²) in [5, 5.41) is 0. The summed E-state index contributed by atoms with van der Waals surface area (Å²) in [5.41, 5.74) is 5.88. The van der Waals surface area contributed by atoms with E-state index in [4.69, 9.17) is 5.73 Å². The SMILES string of the molecule is CCCN(c1ccc(C(F)(F)F)cc1N)C(C)C. The van der Waals surface area contributed by atoms with Crippen LogP contribution < -0.4 is 10.6 Å². The number of halogens is 3. The Morgan fingerprint density at radius 1 is 1.28 bits per heavy atom. The molecule has 2 nitrogen and oxygen atoms in total. The maximum atomic E-state index is 12.5. The molecule has 0 spiro atoms. The molecule has 0 radical (unpaired) electrons. The minimum Gasteiger partial charge on any atom is -0.397 e. The van der Waals surface area contributed by atoms with Crippen molar-refractivity contribution in [3.05, 3.63) is 23.8 Å². The number of nitrogen functional groups attached to an aromatic ring is 1. The van der Waals surface area contributed by atoms with Crippen molar-refractivity contribution in [2.75, 3.05) is 17.2 Å². The summed E-state index contributed by atoms with van der Waals surface area (Å²) in [5.74, 6) is 0. The number of anilines is 2. The van der Waals surface area contributed by atoms with Gasteiger partial charge in [-0.1, -0.05) is 6.92 Å². The van der Waals surface area contributed by atoms with Gasteiger partial charge < -0.3 is 10.6 Å². The van der Waals surface area contributed by atoms with Crippen LogP contribution in [0.2, 0.25) is 0 Å². The minimum atomic E-state index is -4.35. The Hall–Kier alpha value is -1.39. The molecule has 1 aromatic rings. The monoisotopic (exact) mass is 260 g/mol. The zero-order valence-electron chi connectivity index (χ0n) is 10.9. The summed E-state index contributed by atoms with van der Waals surface area (Å²) in [6.07, 6.45) is -3.43. The van der Waals surface area contributed by atoms with Gasteiger partial charge in [-0.25, -0.2) is 0 Å². The van der Waals surface area contributed by atoms with E-state index in [9.17, 15) is 13.2 Å². The van der Waals surface area contributed by atoms with Crippen molar-refractivity contribution in [2.24, 2.45) is 0 Å². The summed E-state index contributed by atoms with van der Waals surface area (Å²) in [6.45, 7) is 6.78. The Morgan fingerprint density at radius 2 is 1.89 bits per heavy atom. The fourth-order valence-electron chi connectivity index (χ4n) is 1.89. The average Bonchev–Trinajstić information content (AvgIpc) is 2.24. The molecule has 0 atom stereocenters. The first-order valence-corrected chi connectivity index (χ1v) is 6.00. The molecule has 0 aliphatic carbocycles. The molecule has 0 unspecified atom stereocenters. The molecule has 1 aromatic carbocycles. The molecule has 0 saturated carbocycles. The van der Waals surface area contributed by atoms with Crippen LogP contribution in [-0.4, -0.2) is 12.6 Å². The lowest BCUT2D eigenvalue weighted by atomic mass is 10.1. The van der Waals surface area contributed by atoms with Crippen LogP contribution in [0.25, 0.3) is 0 Å². The molecular formula is C13H19F3N2. The van der Waals surface area contributed by atoms with E-state index in [1.165, 1.54) is 6.07 Å². The summed E-state index contributed by atoms with van der Waals surface area (Å²) < 4.78 is 37.6. The molecular weight excluding hydrogens is 241 g/mol. The van der Waals surface area contributed by atoms with Crippen LogP contribution in [0.3, 0.4) is 0 Å². The maximum Gasteiger partial charge on any atom is 0.416 e. The number of hydrogen-bond donors (Lipinski definition) is 1. The average molecular weight is 260 g/mol. The third-order valence-corrected chi connectivity index (χ3v) is 2.75. The van der Waals surface area contributed by atoms with Gasteiger partial charge in [0, 0.05) is 12.6 Å². The van der Waals surface area contributed by atoms with Gasteiger partial charge in [-0.15, -0.1) is 0 Å². The van der Waals surface area contributed by atoms with Crippen LogP contribution in [0.4, 0.5) is 24.5 Å². The van der Waals surface area contributed by atoms with Gasteiger partial charge in [0.15, 0.2) is 0 Å². The Morgan fingerprint density at radius 3 is 2.28 bits per heavy atom. The maximum absolute atomic E-state index is 12.5. The molecule has 5 heteroatoms. The van der Waals surface area contributed by atoms with Crippen LogP contribution in [0.5, 0.6) is 0 Å². The summed E-state index contributed by atoms with van der Waals surface area (Å²) >= 11 is 0. The van der Waals surface area contributed by atoms with Crippen LogP contribution >= 0.6 is 0 Å². The molecule has 18 heavy (non-hydrogen) atoms. The van der Waals surface area contributed by atoms with E-state index in [0.717, 1.165) is 25.1 Å². The van der Waals surface area contributed by atoms with E-state index in [0.29, 0.717) is 5.69 Å². The van der Waals surface area contributed by atoms with Crippen molar-refractivity contribution < 1.29 is 13.2 Å². The van der Waals surface area contributed by atoms with Gasteiger partial charge in [-0.05, 0) is 38.5 Å². The van der Waals surface area contributed by atoms with Gasteiger partial charge in [0.1, 0.15) is 0 Å². The van der Waals surface area contributed by atoms with Crippen molar-refractivity contribution in [3.63, 3.8) is 0 Å². The van der Waals surface area contributed by atoms with Crippen molar-refractivity contribution in [3.8, 4) is 0 Å². The largest absolute Gasteiger partial charge is 0.416 e. The van der Waals surface area contributed by atoms with Crippen molar-refractivity contribution in [1.29, 1.82) is 0 Å². The van der Waals surface area contributed by atoms with E-state index in [1.807, 2.05) is 25.7 Å². The first-order valence-electron chi connectivity index (χ1n) is 6.00. The fourth-order valence-corrected chi connectivity index (χ4v) is 1.89. The highest BCUT2D eigenvalue weighted by atomic mass is 19.4. The lowest BCUT2D eigenvalue weighted by Gasteiger charge is -2.30. The highest BCUT2D eigenvalue weighted by molar-refractivity contribution is 5.69. The van der Waals surface area contributed by atoms with E-state index < -0.39 is 11.7 Å². The van der Waals surface area contributed by atoms with Crippen LogP contribution in [0.1, 0.15) is 32.8 Å². The topological polar surface area (TPSA) is 29.3 Å². The van der Waals surface area contributed by atoms with Crippen LogP contribution in [-0.2, 0) is 6.18 Å². The quantitative estimate of drug-likeness (QED) is 0.831. The smallest absolute Gasteiger partial charge is 0.397 e. The molecule has 0 aliphatic rings. The Bertz CT molecular complexity index is 400. The minimum absolute atomic E-state index is 0.173. The summed E-state index contributed by atoms with van der Waals surface area (Å²) in [4.78, 5) is 2.01. The van der Waals surface area contributed by atoms with Gasteiger partial charge in [0.05, 0.1) is 16.9 Å². The second kappa shape index (κ2) is 5.50. The highest BCUT2D eigenvalue weighted by Crippen LogP contribution is 2.34. The number of alkyl halides is 3. The second-order valence-electron chi connectivity index (χ2n) is 4.56. The first kappa shape index (κ1) is 14.7. The fraction of sp³-hybridized carbons (Fsp3) is 0.538. The molecule has 0 amide bonds. The standard InChI is InChI=1S/C13H19F3N2/c1-4-7-18(9(2)3)12-6-5-10(8-11(12)17)13(14,15)16/h5-6,8-9H,4,7,17H2,1-3H3. The molecule has 0 aliphatic heterocycles. The molecule has 0 aromatic heterocycles. The summed E-state index contributed by atoms with van der Waals surface area (Å²) in [7, 11) is 0. The van der Waals surface area contributed by atoms with Gasteiger partial charge in [-0.2, -0.15) is 13.2 Å². The van der Waals surface area contributed by atoms with Gasteiger partial charge >= 0.3 is 6.18 Å². The van der Waals surface area contributed by atoms with E-state index in [-0.39, 0.29) is 11.7 Å². The molecule has 0 bridgehead atoms. The van der Waals surface area contributed by atoms with E-state index in [1.54, 1.807) is 0 Å². The molecule has 1 rings (SSSR count). The number of hydrogen-bond acceptors (Lipinski definition) is 2. The zero-order chi connectivity index (χ0) is 13.9. The number of benzene rings is 1. The Kier molecular flexibility index (Phi) is 4.48. The zero-order valence-corrected chi connectivity index (χ0v) is 10.9. The first-order chi connectivity index (χ1) is 8.27. The van der Waals surface area contributed by atoms with Gasteiger partial charge in [0.25, 0.3) is 0 Å². The van der Waals surface area contributed by atoms with Crippen molar-refractivity contribution in [1.82, 2.24) is 0 Å². The Labute approximate surface area is 106 Å². The van der Waals surface area contributed by atoms with E-state index in [2.05, 4.69) is 0 Å². The lowest BCUT2D eigenvalue weighted by molar-refractivity contribution is -0.137. The second-order valence-corrected chi connectivity index (χ2v) is 4.56. The highest BCUT2D eigenvalue weighted by Gasteiger charge is 2.31. The normalized spacial score (nSPS) is 11.9. The third kappa shape index (κ3) is 3.31. The van der Waals surface area contributed by atoms with Crippen molar-refractivity contribution >= 4 is 11.4 Å².